The van der Waals surface area contributed by atoms with Crippen molar-refractivity contribution in [3.05, 3.63) is 0 Å². The van der Waals surface area contributed by atoms with Gasteiger partial charge in [0.2, 0.25) is 0 Å². The highest BCUT2D eigenvalue weighted by Gasteiger charge is 2.23. The molecule has 1 fully saturated rings. The lowest BCUT2D eigenvalue weighted by Gasteiger charge is -2.28. The van der Waals surface area contributed by atoms with Gasteiger partial charge >= 0.3 is 6.03 Å². The van der Waals surface area contributed by atoms with E-state index in [2.05, 4.69) is 11.9 Å². The van der Waals surface area contributed by atoms with Crippen LogP contribution < -0.4 is 0 Å². The molecule has 1 saturated heterocycles. The van der Waals surface area contributed by atoms with Gasteiger partial charge in [-0.15, -0.1) is 0 Å². The van der Waals surface area contributed by atoms with Gasteiger partial charge in [-0.25, -0.2) is 4.79 Å². The van der Waals surface area contributed by atoms with Gasteiger partial charge in [0.25, 0.3) is 0 Å². The Morgan fingerprint density at radius 1 is 1.38 bits per heavy atom. The molecule has 1 rings (SSSR count). The predicted molar refractivity (Wildman–Crippen MR) is 66.6 cm³/mol. The molecule has 2 amide bonds. The summed E-state index contributed by atoms with van der Waals surface area (Å²) in [5, 5.41) is 0. The van der Waals surface area contributed by atoms with Crippen molar-refractivity contribution >= 4 is 6.03 Å². The lowest BCUT2D eigenvalue weighted by Crippen LogP contribution is -2.43. The summed E-state index contributed by atoms with van der Waals surface area (Å²) in [6.07, 6.45) is 1.21. The molecule has 0 aromatic rings. The number of hydrogen-bond donors (Lipinski definition) is 0. The van der Waals surface area contributed by atoms with Gasteiger partial charge in [-0.05, 0) is 39.8 Å². The number of rotatable bonds is 4. The quantitative estimate of drug-likeness (QED) is 0.724. The zero-order valence-electron chi connectivity index (χ0n) is 11.1. The van der Waals surface area contributed by atoms with Gasteiger partial charge in [-0.3, -0.25) is 0 Å². The van der Waals surface area contributed by atoms with Crippen molar-refractivity contribution in [3.8, 4) is 0 Å². The molecule has 1 aliphatic rings. The summed E-state index contributed by atoms with van der Waals surface area (Å²) >= 11 is 0. The molecule has 1 unspecified atom stereocenters. The second-order valence-corrected chi connectivity index (χ2v) is 4.75. The maximum Gasteiger partial charge on any atom is 0.319 e. The molecule has 4 heteroatoms. The van der Waals surface area contributed by atoms with Crippen molar-refractivity contribution < 1.29 is 4.79 Å². The van der Waals surface area contributed by atoms with E-state index in [-0.39, 0.29) is 6.03 Å². The van der Waals surface area contributed by atoms with E-state index in [4.69, 9.17) is 0 Å². The highest BCUT2D eigenvalue weighted by molar-refractivity contribution is 5.74. The number of carbonyl (C=O) groups is 1. The first-order chi connectivity index (χ1) is 7.58. The van der Waals surface area contributed by atoms with Crippen LogP contribution in [0.4, 0.5) is 4.79 Å². The van der Waals surface area contributed by atoms with Crippen LogP contribution in [0.3, 0.4) is 0 Å². The molecule has 16 heavy (non-hydrogen) atoms. The zero-order valence-corrected chi connectivity index (χ0v) is 11.1. The average Bonchev–Trinajstić information content (AvgIpc) is 2.65. The monoisotopic (exact) mass is 227 g/mol. The number of nitrogens with zero attached hydrogens (tertiary/aromatic N) is 3. The first-order valence-corrected chi connectivity index (χ1v) is 6.27. The Balaban J connectivity index is 2.39. The smallest absolute Gasteiger partial charge is 0.319 e. The first-order valence-electron chi connectivity index (χ1n) is 6.27. The summed E-state index contributed by atoms with van der Waals surface area (Å²) in [7, 11) is 4.06. The minimum absolute atomic E-state index is 0.166. The van der Waals surface area contributed by atoms with Crippen LogP contribution in [0.15, 0.2) is 0 Å². The van der Waals surface area contributed by atoms with Crippen molar-refractivity contribution in [2.75, 3.05) is 46.8 Å². The minimum Gasteiger partial charge on any atom is -0.327 e. The molecular weight excluding hydrogens is 202 g/mol. The first kappa shape index (κ1) is 13.3. The van der Waals surface area contributed by atoms with Gasteiger partial charge in [0.05, 0.1) is 0 Å². The van der Waals surface area contributed by atoms with Crippen LogP contribution >= 0.6 is 0 Å². The Morgan fingerprint density at radius 2 is 2.00 bits per heavy atom. The highest BCUT2D eigenvalue weighted by Crippen LogP contribution is 2.15. The molecule has 0 bridgehead atoms. The van der Waals surface area contributed by atoms with E-state index in [1.54, 1.807) is 0 Å². The minimum atomic E-state index is 0.166. The van der Waals surface area contributed by atoms with Crippen molar-refractivity contribution in [3.63, 3.8) is 0 Å². The van der Waals surface area contributed by atoms with Crippen molar-refractivity contribution in [2.24, 2.45) is 5.92 Å². The summed E-state index contributed by atoms with van der Waals surface area (Å²) in [6, 6.07) is 0.166. The van der Waals surface area contributed by atoms with Crippen LogP contribution in [0, 0.1) is 5.92 Å². The molecule has 0 aromatic carbocycles. The molecule has 0 aromatic heterocycles. The van der Waals surface area contributed by atoms with E-state index < -0.39 is 0 Å². The molecule has 1 aliphatic heterocycles. The fraction of sp³-hybridized carbons (Fsp3) is 0.917. The lowest BCUT2D eigenvalue weighted by molar-refractivity contribution is 0.161. The SMILES string of the molecule is CCN(CC)C(=O)N(C)CC1CCN(C)C1. The molecule has 1 atom stereocenters. The molecule has 0 radical (unpaired) electrons. The van der Waals surface area contributed by atoms with Crippen LogP contribution in [-0.4, -0.2) is 67.5 Å². The highest BCUT2D eigenvalue weighted by atomic mass is 16.2. The molecule has 1 heterocycles. The predicted octanol–water partition coefficient (Wildman–Crippen LogP) is 1.33. The van der Waals surface area contributed by atoms with Crippen molar-refractivity contribution in [2.45, 2.75) is 20.3 Å². The summed E-state index contributed by atoms with van der Waals surface area (Å²) in [6.45, 7) is 8.82. The summed E-state index contributed by atoms with van der Waals surface area (Å²) in [4.78, 5) is 18.1. The average molecular weight is 227 g/mol. The standard InChI is InChI=1S/C12H25N3O/c1-5-15(6-2)12(16)14(4)10-11-7-8-13(3)9-11/h11H,5-10H2,1-4H3. The zero-order chi connectivity index (χ0) is 12.1. The Labute approximate surface area is 99.2 Å². The maximum atomic E-state index is 12.0. The normalized spacial score (nSPS) is 21.1. The molecule has 94 valence electrons. The van der Waals surface area contributed by atoms with Crippen LogP contribution in [0.1, 0.15) is 20.3 Å². The van der Waals surface area contributed by atoms with Gasteiger partial charge in [0.15, 0.2) is 0 Å². The molecule has 0 aliphatic carbocycles. The third-order valence-corrected chi connectivity index (χ3v) is 3.38. The van der Waals surface area contributed by atoms with Gasteiger partial charge < -0.3 is 14.7 Å². The van der Waals surface area contributed by atoms with E-state index >= 15 is 0 Å². The van der Waals surface area contributed by atoms with Crippen molar-refractivity contribution in [1.29, 1.82) is 0 Å². The third-order valence-electron chi connectivity index (χ3n) is 3.38. The van der Waals surface area contributed by atoms with Gasteiger partial charge in [-0.1, -0.05) is 0 Å². The van der Waals surface area contributed by atoms with Gasteiger partial charge in [-0.2, -0.15) is 0 Å². The van der Waals surface area contributed by atoms with Crippen LogP contribution in [0.5, 0.6) is 0 Å². The summed E-state index contributed by atoms with van der Waals surface area (Å²) in [5.74, 6) is 0.648. The Hall–Kier alpha value is -0.770. The fourth-order valence-electron chi connectivity index (χ4n) is 2.38. The lowest BCUT2D eigenvalue weighted by atomic mass is 10.1. The Bertz CT molecular complexity index is 228. The number of urea groups is 1. The van der Waals surface area contributed by atoms with E-state index in [0.717, 1.165) is 32.7 Å². The molecule has 0 saturated carbocycles. The van der Waals surface area contributed by atoms with E-state index in [9.17, 15) is 4.79 Å². The van der Waals surface area contributed by atoms with E-state index in [1.807, 2.05) is 30.7 Å². The Morgan fingerprint density at radius 3 is 2.44 bits per heavy atom. The van der Waals surface area contributed by atoms with Crippen molar-refractivity contribution in [1.82, 2.24) is 14.7 Å². The number of hydrogen-bond acceptors (Lipinski definition) is 2. The molecule has 4 nitrogen and oxygen atoms in total. The van der Waals surface area contributed by atoms with Gasteiger partial charge in [0.1, 0.15) is 0 Å². The summed E-state index contributed by atoms with van der Waals surface area (Å²) < 4.78 is 0. The number of likely N-dealkylation sites (tertiary alicyclic amines) is 1. The van der Waals surface area contributed by atoms with Crippen LogP contribution in [0.2, 0.25) is 0 Å². The summed E-state index contributed by atoms with van der Waals surface area (Å²) in [5.41, 5.74) is 0. The van der Waals surface area contributed by atoms with E-state index in [0.29, 0.717) is 5.92 Å². The molecule has 0 spiro atoms. The van der Waals surface area contributed by atoms with Crippen LogP contribution in [-0.2, 0) is 0 Å². The fourth-order valence-corrected chi connectivity index (χ4v) is 2.38. The maximum absolute atomic E-state index is 12.0. The topological polar surface area (TPSA) is 26.8 Å². The third kappa shape index (κ3) is 3.37. The second kappa shape index (κ2) is 6.09. The Kier molecular flexibility index (Phi) is 5.06. The van der Waals surface area contributed by atoms with Gasteiger partial charge in [0, 0.05) is 33.2 Å². The second-order valence-electron chi connectivity index (χ2n) is 4.75. The molecule has 0 N–H and O–H groups in total. The molecular formula is C12H25N3O. The number of amides is 2. The largest absolute Gasteiger partial charge is 0.327 e. The number of carbonyl (C=O) groups excluding carboxylic acids is 1. The van der Waals surface area contributed by atoms with E-state index in [1.165, 1.54) is 6.42 Å². The van der Waals surface area contributed by atoms with Crippen LogP contribution in [0.25, 0.3) is 0 Å².